The average molecular weight is 461 g/mol. The number of carbonyl (C=O) groups is 2. The number of anilines is 2. The Morgan fingerprint density at radius 3 is 2.56 bits per heavy atom. The lowest BCUT2D eigenvalue weighted by molar-refractivity contribution is -0.138. The van der Waals surface area contributed by atoms with E-state index in [0.717, 1.165) is 22.0 Å². The molecule has 3 aromatic carbocycles. The summed E-state index contributed by atoms with van der Waals surface area (Å²) in [6, 6.07) is 19.2. The van der Waals surface area contributed by atoms with E-state index in [-0.39, 0.29) is 18.4 Å². The summed E-state index contributed by atoms with van der Waals surface area (Å²) in [5.41, 5.74) is 2.89. The SMILES string of the molecule is CC(C)COC(=O)NC(=N)c1ccc2c(c1)N(Cc1cccc3ccccc13)C(C(=O)O)N2C. The van der Waals surface area contributed by atoms with Gasteiger partial charge >= 0.3 is 12.1 Å². The number of carboxylic acids is 1. The number of amides is 1. The second-order valence-corrected chi connectivity index (χ2v) is 8.78. The van der Waals surface area contributed by atoms with Crippen molar-refractivity contribution in [3.63, 3.8) is 0 Å². The molecule has 0 saturated carbocycles. The largest absolute Gasteiger partial charge is 0.478 e. The van der Waals surface area contributed by atoms with Gasteiger partial charge in [0.05, 0.1) is 18.0 Å². The molecule has 0 fully saturated rings. The smallest absolute Gasteiger partial charge is 0.412 e. The van der Waals surface area contributed by atoms with Crippen LogP contribution in [0.3, 0.4) is 0 Å². The first-order valence-corrected chi connectivity index (χ1v) is 11.1. The molecule has 0 saturated heterocycles. The summed E-state index contributed by atoms with van der Waals surface area (Å²) in [6.45, 7) is 4.49. The Labute approximate surface area is 198 Å². The van der Waals surface area contributed by atoms with Crippen LogP contribution in [0.1, 0.15) is 25.0 Å². The summed E-state index contributed by atoms with van der Waals surface area (Å²) in [7, 11) is 1.74. The zero-order chi connectivity index (χ0) is 24.4. The van der Waals surface area contributed by atoms with Crippen molar-refractivity contribution in [2.75, 3.05) is 23.5 Å². The number of aliphatic carboxylic acids is 1. The van der Waals surface area contributed by atoms with E-state index in [1.54, 1.807) is 30.1 Å². The normalized spacial score (nSPS) is 14.9. The molecule has 34 heavy (non-hydrogen) atoms. The lowest BCUT2D eigenvalue weighted by Crippen LogP contribution is -2.47. The summed E-state index contributed by atoms with van der Waals surface area (Å²) < 4.78 is 5.11. The summed E-state index contributed by atoms with van der Waals surface area (Å²) in [5.74, 6) is -0.889. The Kier molecular flexibility index (Phi) is 6.40. The van der Waals surface area contributed by atoms with E-state index in [0.29, 0.717) is 17.8 Å². The Morgan fingerprint density at radius 2 is 1.82 bits per heavy atom. The molecule has 8 nitrogen and oxygen atoms in total. The van der Waals surface area contributed by atoms with Gasteiger partial charge in [0.15, 0.2) is 0 Å². The minimum Gasteiger partial charge on any atom is -0.478 e. The number of alkyl carbamates (subject to hydrolysis) is 1. The van der Waals surface area contributed by atoms with Crippen LogP contribution in [0.5, 0.6) is 0 Å². The van der Waals surface area contributed by atoms with E-state index < -0.39 is 18.2 Å². The topological polar surface area (TPSA) is 106 Å². The Bertz CT molecular complexity index is 1250. The summed E-state index contributed by atoms with van der Waals surface area (Å²) in [5, 5.41) is 22.9. The molecule has 3 N–H and O–H groups in total. The molecular formula is C26H28N4O4. The van der Waals surface area contributed by atoms with Crippen LogP contribution in [0.2, 0.25) is 0 Å². The molecule has 0 aliphatic carbocycles. The molecule has 0 spiro atoms. The molecule has 1 aliphatic heterocycles. The third kappa shape index (κ3) is 4.52. The lowest BCUT2D eigenvalue weighted by atomic mass is 10.0. The fourth-order valence-corrected chi connectivity index (χ4v) is 4.22. The van der Waals surface area contributed by atoms with Gasteiger partial charge in [-0.15, -0.1) is 0 Å². The number of amidine groups is 1. The quantitative estimate of drug-likeness (QED) is 0.372. The van der Waals surface area contributed by atoms with Crippen LogP contribution in [-0.4, -0.2) is 42.8 Å². The summed E-state index contributed by atoms with van der Waals surface area (Å²) in [6.07, 6.45) is -1.59. The maximum Gasteiger partial charge on any atom is 0.412 e. The molecule has 1 atom stereocenters. The molecule has 0 aromatic heterocycles. The maximum atomic E-state index is 12.2. The molecule has 0 bridgehead atoms. The molecule has 1 aliphatic rings. The third-order valence-corrected chi connectivity index (χ3v) is 5.83. The highest BCUT2D eigenvalue weighted by Gasteiger charge is 2.39. The van der Waals surface area contributed by atoms with Crippen LogP contribution in [0.15, 0.2) is 60.7 Å². The number of benzene rings is 3. The van der Waals surface area contributed by atoms with E-state index >= 15 is 0 Å². The van der Waals surface area contributed by atoms with Gasteiger partial charge in [0.25, 0.3) is 0 Å². The van der Waals surface area contributed by atoms with Crippen molar-refractivity contribution in [1.29, 1.82) is 5.41 Å². The molecule has 1 heterocycles. The van der Waals surface area contributed by atoms with Crippen LogP contribution in [0, 0.1) is 11.3 Å². The number of hydrogen-bond acceptors (Lipinski definition) is 6. The van der Waals surface area contributed by atoms with E-state index in [9.17, 15) is 14.7 Å². The molecule has 3 aromatic rings. The standard InChI is InChI=1S/C26H28N4O4/c1-16(2)15-34-26(33)28-23(27)18-11-12-21-22(13-18)30(24(25(31)32)29(21)3)14-19-9-6-8-17-7-4-5-10-20(17)19/h4-13,16,24H,14-15H2,1-3H3,(H,31,32)(H2,27,28,33). The van der Waals surface area contributed by atoms with E-state index in [1.165, 1.54) is 0 Å². The van der Waals surface area contributed by atoms with E-state index in [1.807, 2.05) is 61.2 Å². The maximum absolute atomic E-state index is 12.2. The predicted octanol–water partition coefficient (Wildman–Crippen LogP) is 4.41. The van der Waals surface area contributed by atoms with Crippen molar-refractivity contribution < 1.29 is 19.4 Å². The van der Waals surface area contributed by atoms with Crippen molar-refractivity contribution in [3.8, 4) is 0 Å². The second kappa shape index (κ2) is 9.43. The third-order valence-electron chi connectivity index (χ3n) is 5.83. The number of fused-ring (bicyclic) bond motifs is 2. The molecule has 0 radical (unpaired) electrons. The van der Waals surface area contributed by atoms with Gasteiger partial charge in [0.2, 0.25) is 6.17 Å². The average Bonchev–Trinajstić information content (AvgIpc) is 3.09. The van der Waals surface area contributed by atoms with Crippen molar-refractivity contribution in [2.24, 2.45) is 5.92 Å². The first kappa shape index (κ1) is 23.1. The first-order chi connectivity index (χ1) is 16.3. The molecule has 8 heteroatoms. The highest BCUT2D eigenvalue weighted by atomic mass is 16.5. The second-order valence-electron chi connectivity index (χ2n) is 8.78. The van der Waals surface area contributed by atoms with Crippen molar-refractivity contribution in [2.45, 2.75) is 26.6 Å². The number of rotatable bonds is 6. The molecule has 1 amide bonds. The Balaban J connectivity index is 1.66. The van der Waals surface area contributed by atoms with Gasteiger partial charge in [-0.05, 0) is 40.5 Å². The van der Waals surface area contributed by atoms with Gasteiger partial charge in [-0.1, -0.05) is 56.3 Å². The van der Waals surface area contributed by atoms with Crippen LogP contribution in [-0.2, 0) is 16.1 Å². The monoisotopic (exact) mass is 460 g/mol. The Hall–Kier alpha value is -4.07. The van der Waals surface area contributed by atoms with Crippen LogP contribution in [0.25, 0.3) is 10.8 Å². The number of nitrogens with zero attached hydrogens (tertiary/aromatic N) is 2. The van der Waals surface area contributed by atoms with Gasteiger partial charge in [-0.3, -0.25) is 10.7 Å². The lowest BCUT2D eigenvalue weighted by Gasteiger charge is -2.28. The van der Waals surface area contributed by atoms with Crippen LogP contribution >= 0.6 is 0 Å². The number of nitrogens with one attached hydrogen (secondary N) is 2. The highest BCUT2D eigenvalue weighted by molar-refractivity contribution is 6.06. The van der Waals surface area contributed by atoms with E-state index in [2.05, 4.69) is 5.32 Å². The van der Waals surface area contributed by atoms with Crippen molar-refractivity contribution in [1.82, 2.24) is 5.32 Å². The van der Waals surface area contributed by atoms with Gasteiger partial charge in [0, 0.05) is 19.2 Å². The van der Waals surface area contributed by atoms with Crippen LogP contribution < -0.4 is 15.1 Å². The summed E-state index contributed by atoms with van der Waals surface area (Å²) in [4.78, 5) is 27.8. The van der Waals surface area contributed by atoms with Crippen molar-refractivity contribution >= 4 is 40.0 Å². The predicted molar refractivity (Wildman–Crippen MR) is 133 cm³/mol. The molecule has 1 unspecified atom stereocenters. The van der Waals surface area contributed by atoms with Gasteiger partial charge in [-0.2, -0.15) is 0 Å². The number of ether oxygens (including phenoxy) is 1. The van der Waals surface area contributed by atoms with Crippen molar-refractivity contribution in [3.05, 3.63) is 71.8 Å². The molecular weight excluding hydrogens is 432 g/mol. The Morgan fingerprint density at radius 1 is 1.09 bits per heavy atom. The number of carbonyl (C=O) groups excluding carboxylic acids is 1. The summed E-state index contributed by atoms with van der Waals surface area (Å²) >= 11 is 0. The highest BCUT2D eigenvalue weighted by Crippen LogP contribution is 2.41. The fraction of sp³-hybridized carbons (Fsp3) is 0.269. The zero-order valence-corrected chi connectivity index (χ0v) is 19.4. The fourth-order valence-electron chi connectivity index (χ4n) is 4.22. The minimum absolute atomic E-state index is 0.108. The van der Waals surface area contributed by atoms with Crippen LogP contribution in [0.4, 0.5) is 16.2 Å². The minimum atomic E-state index is -0.967. The molecule has 4 rings (SSSR count). The number of carboxylic acid groups (broad SMARTS) is 1. The van der Waals surface area contributed by atoms with Gasteiger partial charge in [-0.25, -0.2) is 9.59 Å². The van der Waals surface area contributed by atoms with E-state index in [4.69, 9.17) is 10.1 Å². The van der Waals surface area contributed by atoms with Gasteiger partial charge < -0.3 is 19.6 Å². The number of hydrogen-bond donors (Lipinski definition) is 3. The first-order valence-electron chi connectivity index (χ1n) is 11.1. The zero-order valence-electron chi connectivity index (χ0n) is 19.4. The number of likely N-dealkylation sites (N-methyl/N-ethyl adjacent to an activating group) is 1. The molecule has 176 valence electrons. The van der Waals surface area contributed by atoms with Gasteiger partial charge in [0.1, 0.15) is 5.84 Å².